The fourth-order valence-corrected chi connectivity index (χ4v) is 3.48. The zero-order valence-electron chi connectivity index (χ0n) is 15.5. The summed E-state index contributed by atoms with van der Waals surface area (Å²) in [7, 11) is 1.25. The monoisotopic (exact) mass is 343 g/mol. The number of esters is 1. The van der Waals surface area contributed by atoms with Crippen molar-refractivity contribution >= 4 is 11.9 Å². The maximum Gasteiger partial charge on any atom is 0.314 e. The topological polar surface area (TPSA) is 85.3 Å². The molecule has 0 saturated carbocycles. The van der Waals surface area contributed by atoms with Gasteiger partial charge in [0.2, 0.25) is 0 Å². The molecular weight excluding hydrogens is 314 g/mol. The lowest BCUT2D eigenvalue weighted by Gasteiger charge is -2.35. The minimum Gasteiger partial charge on any atom is -0.469 e. The number of aliphatic hydroxyl groups excluding tert-OH is 1. The number of nitrogens with zero attached hydrogens (tertiary/aromatic N) is 1. The molecule has 2 fully saturated rings. The van der Waals surface area contributed by atoms with Gasteiger partial charge in [0.25, 0.3) is 5.91 Å². The summed E-state index contributed by atoms with van der Waals surface area (Å²) in [4.78, 5) is 26.1. The van der Waals surface area contributed by atoms with Crippen molar-refractivity contribution in [3.8, 4) is 0 Å². The molecule has 0 unspecified atom stereocenters. The number of hydrogen-bond donors (Lipinski definition) is 1. The van der Waals surface area contributed by atoms with E-state index in [2.05, 4.69) is 0 Å². The Balaban J connectivity index is 2.37. The van der Waals surface area contributed by atoms with Gasteiger partial charge in [-0.2, -0.15) is 0 Å². The van der Waals surface area contributed by atoms with Crippen LogP contribution < -0.4 is 0 Å². The van der Waals surface area contributed by atoms with E-state index in [0.717, 1.165) is 0 Å². The Hall–Kier alpha value is -1.18. The predicted molar refractivity (Wildman–Crippen MR) is 86.3 cm³/mol. The normalized spacial score (nSPS) is 33.8. The van der Waals surface area contributed by atoms with Crippen LogP contribution in [0.3, 0.4) is 0 Å². The third-order valence-electron chi connectivity index (χ3n) is 4.15. The average molecular weight is 343 g/mol. The fourth-order valence-electron chi connectivity index (χ4n) is 3.48. The first-order chi connectivity index (χ1) is 10.9. The summed E-state index contributed by atoms with van der Waals surface area (Å²) in [6, 6.07) is -0.591. The van der Waals surface area contributed by atoms with Gasteiger partial charge in [0.1, 0.15) is 24.2 Å². The van der Waals surface area contributed by atoms with Crippen molar-refractivity contribution in [1.82, 2.24) is 4.90 Å². The highest BCUT2D eigenvalue weighted by molar-refractivity contribution is 5.92. The van der Waals surface area contributed by atoms with E-state index in [1.165, 1.54) is 12.0 Å². The fraction of sp³-hybridized carbons (Fsp3) is 0.882. The minimum absolute atomic E-state index is 0.284. The van der Waals surface area contributed by atoms with E-state index < -0.39 is 47.2 Å². The van der Waals surface area contributed by atoms with Crippen molar-refractivity contribution < 1.29 is 28.9 Å². The zero-order valence-corrected chi connectivity index (χ0v) is 15.5. The maximum atomic E-state index is 12.4. The Bertz CT molecular complexity index is 506. The molecule has 5 atom stereocenters. The standard InChI is InChI=1S/C17H29NO6/c1-16(2,3)23-9-8-18-11(13(9)24-17(4,5)6)10(15(21)22-7)12(19)14(18)20/h9-13,19H,8H2,1-7H3/t9-,10+,11-,12-,13+/m1/s1. The van der Waals surface area contributed by atoms with E-state index in [-0.39, 0.29) is 12.6 Å². The number of aliphatic hydroxyl groups is 1. The van der Waals surface area contributed by atoms with E-state index in [0.29, 0.717) is 0 Å². The van der Waals surface area contributed by atoms with Gasteiger partial charge in [0, 0.05) is 0 Å². The van der Waals surface area contributed by atoms with Crippen LogP contribution in [0, 0.1) is 5.92 Å². The molecule has 2 aliphatic rings. The lowest BCUT2D eigenvalue weighted by atomic mass is 9.92. The average Bonchev–Trinajstić information content (AvgIpc) is 2.84. The van der Waals surface area contributed by atoms with Gasteiger partial charge in [0.15, 0.2) is 0 Å². The number of carbonyl (C=O) groups is 2. The van der Waals surface area contributed by atoms with Gasteiger partial charge in [-0.05, 0) is 41.5 Å². The summed E-state index contributed by atoms with van der Waals surface area (Å²) in [6.07, 6.45) is -2.30. The van der Waals surface area contributed by atoms with Gasteiger partial charge in [-0.15, -0.1) is 0 Å². The molecule has 138 valence electrons. The first-order valence-corrected chi connectivity index (χ1v) is 8.28. The van der Waals surface area contributed by atoms with Crippen molar-refractivity contribution in [2.75, 3.05) is 13.7 Å². The largest absolute Gasteiger partial charge is 0.469 e. The number of ether oxygens (including phenoxy) is 3. The third-order valence-corrected chi connectivity index (χ3v) is 4.15. The number of rotatable bonds is 3. The molecule has 2 saturated heterocycles. The van der Waals surface area contributed by atoms with Gasteiger partial charge in [-0.1, -0.05) is 0 Å². The molecule has 7 nitrogen and oxygen atoms in total. The van der Waals surface area contributed by atoms with Crippen molar-refractivity contribution in [3.63, 3.8) is 0 Å². The van der Waals surface area contributed by atoms with Crippen molar-refractivity contribution in [2.24, 2.45) is 5.92 Å². The molecule has 7 heteroatoms. The second-order valence-electron chi connectivity index (χ2n) is 8.44. The molecule has 2 aliphatic heterocycles. The molecule has 1 amide bonds. The maximum absolute atomic E-state index is 12.4. The minimum atomic E-state index is -1.40. The molecule has 0 spiro atoms. The van der Waals surface area contributed by atoms with Gasteiger partial charge < -0.3 is 24.2 Å². The van der Waals surface area contributed by atoms with Crippen LogP contribution in [0.5, 0.6) is 0 Å². The molecule has 0 aromatic rings. The van der Waals surface area contributed by atoms with Crippen LogP contribution in [-0.2, 0) is 23.8 Å². The van der Waals surface area contributed by atoms with E-state index in [4.69, 9.17) is 14.2 Å². The predicted octanol–water partition coefficient (Wildman–Crippen LogP) is 0.728. The molecule has 0 bridgehead atoms. The van der Waals surface area contributed by atoms with Gasteiger partial charge in [-0.3, -0.25) is 9.59 Å². The third kappa shape index (κ3) is 3.73. The molecule has 1 N–H and O–H groups in total. The molecular formula is C17H29NO6. The highest BCUT2D eigenvalue weighted by Crippen LogP contribution is 2.40. The molecule has 0 aromatic heterocycles. The Morgan fingerprint density at radius 2 is 1.67 bits per heavy atom. The summed E-state index contributed by atoms with van der Waals surface area (Å²) in [6.45, 7) is 11.8. The van der Waals surface area contributed by atoms with Gasteiger partial charge in [-0.25, -0.2) is 0 Å². The van der Waals surface area contributed by atoms with Gasteiger partial charge >= 0.3 is 5.97 Å². The lowest BCUT2D eigenvalue weighted by molar-refractivity contribution is -0.166. The molecule has 0 aliphatic carbocycles. The summed E-state index contributed by atoms with van der Waals surface area (Å²) in [5, 5.41) is 10.2. The highest BCUT2D eigenvalue weighted by Gasteiger charge is 2.61. The second-order valence-corrected chi connectivity index (χ2v) is 8.44. The summed E-state index contributed by atoms with van der Waals surface area (Å²) < 4.78 is 17.0. The van der Waals surface area contributed by atoms with Crippen LogP contribution in [-0.4, -0.2) is 71.1 Å². The smallest absolute Gasteiger partial charge is 0.314 e. The van der Waals surface area contributed by atoms with Crippen LogP contribution in [0.15, 0.2) is 0 Å². The van der Waals surface area contributed by atoms with E-state index in [1.54, 1.807) is 0 Å². The molecule has 0 aromatic carbocycles. The Kier molecular flexibility index (Phi) is 5.01. The van der Waals surface area contributed by atoms with Crippen molar-refractivity contribution in [2.45, 2.75) is 77.1 Å². The first-order valence-electron chi connectivity index (χ1n) is 8.28. The quantitative estimate of drug-likeness (QED) is 0.761. The second kappa shape index (κ2) is 6.28. The highest BCUT2D eigenvalue weighted by atomic mass is 16.6. The number of carbonyl (C=O) groups excluding carboxylic acids is 2. The van der Waals surface area contributed by atoms with Crippen LogP contribution in [0.1, 0.15) is 41.5 Å². The van der Waals surface area contributed by atoms with E-state index >= 15 is 0 Å². The number of hydrogen-bond acceptors (Lipinski definition) is 6. The summed E-state index contributed by atoms with van der Waals surface area (Å²) in [5.41, 5.74) is -0.913. The van der Waals surface area contributed by atoms with Crippen molar-refractivity contribution in [3.05, 3.63) is 0 Å². The van der Waals surface area contributed by atoms with E-state index in [1.807, 2.05) is 41.5 Å². The first kappa shape index (κ1) is 19.1. The lowest BCUT2D eigenvalue weighted by Crippen LogP contribution is -2.48. The Morgan fingerprint density at radius 1 is 1.12 bits per heavy atom. The number of methoxy groups -OCH3 is 1. The number of amides is 1. The molecule has 2 heterocycles. The van der Waals surface area contributed by atoms with Crippen LogP contribution >= 0.6 is 0 Å². The summed E-state index contributed by atoms with van der Waals surface area (Å²) >= 11 is 0. The van der Waals surface area contributed by atoms with Crippen LogP contribution in [0.2, 0.25) is 0 Å². The van der Waals surface area contributed by atoms with Crippen molar-refractivity contribution in [1.29, 1.82) is 0 Å². The number of fused-ring (bicyclic) bond motifs is 1. The Labute approximate surface area is 143 Å². The van der Waals surface area contributed by atoms with Gasteiger partial charge in [0.05, 0.1) is 30.9 Å². The van der Waals surface area contributed by atoms with Crippen LogP contribution in [0.4, 0.5) is 0 Å². The Morgan fingerprint density at radius 3 is 2.12 bits per heavy atom. The van der Waals surface area contributed by atoms with Crippen LogP contribution in [0.25, 0.3) is 0 Å². The zero-order chi connectivity index (χ0) is 18.4. The van der Waals surface area contributed by atoms with E-state index in [9.17, 15) is 14.7 Å². The molecule has 24 heavy (non-hydrogen) atoms. The molecule has 0 radical (unpaired) electrons. The SMILES string of the molecule is COC(=O)[C@H]1[C@@H]2[C@@H](OC(C)(C)C)[C@H](OC(C)(C)C)CN2C(=O)[C@@H]1O. The summed E-state index contributed by atoms with van der Waals surface area (Å²) in [5.74, 6) is -2.05. The molecule has 2 rings (SSSR count).